The Kier molecular flexibility index (Phi) is 17.2. The first-order valence-corrected chi connectivity index (χ1v) is 13.4. The number of rotatable bonds is 20. The van der Waals surface area contributed by atoms with Crippen molar-refractivity contribution in [3.8, 4) is 0 Å². The van der Waals surface area contributed by atoms with Crippen LogP contribution in [-0.2, 0) is 19.6 Å². The zero-order valence-electron chi connectivity index (χ0n) is 17.4. The van der Waals surface area contributed by atoms with Crippen molar-refractivity contribution in [1.29, 1.82) is 0 Å². The molecule has 0 aromatic heterocycles. The molecule has 0 fully saturated rings. The molecule has 0 aliphatic carbocycles. The lowest BCUT2D eigenvalue weighted by Crippen LogP contribution is -2.39. The molecule has 0 saturated carbocycles. The van der Waals surface area contributed by atoms with Crippen molar-refractivity contribution in [1.82, 2.24) is 0 Å². The van der Waals surface area contributed by atoms with Crippen molar-refractivity contribution in [3.05, 3.63) is 0 Å². The van der Waals surface area contributed by atoms with Gasteiger partial charge in [0.1, 0.15) is 0 Å². The smallest absolute Gasteiger partial charge is 0.460 e. The molecule has 0 aromatic rings. The molecule has 0 rings (SSSR count). The van der Waals surface area contributed by atoms with Crippen LogP contribution < -0.4 is 0 Å². The quantitative estimate of drug-likeness (QED) is 0.0864. The van der Waals surface area contributed by atoms with Crippen LogP contribution >= 0.6 is 15.9 Å². The molecule has 0 bridgehead atoms. The highest BCUT2D eigenvalue weighted by molar-refractivity contribution is 9.09. The van der Waals surface area contributed by atoms with Crippen LogP contribution in [0.2, 0.25) is 0 Å². The third kappa shape index (κ3) is 15.2. The molecule has 174 valence electrons. The van der Waals surface area contributed by atoms with Crippen LogP contribution in [0.1, 0.15) is 103 Å². The minimum atomic E-state index is -5.78. The highest BCUT2D eigenvalue weighted by Gasteiger charge is 2.54. The molecule has 0 heterocycles. The SMILES string of the molecule is O=C(OCCCCCCCCCCCCCCCCCCBr)C(F)(F)S(=O)(=O)O. The second-order valence-corrected chi connectivity index (χ2v) is 9.73. The molecule has 1 N–H and O–H groups in total. The van der Waals surface area contributed by atoms with Gasteiger partial charge in [0.25, 0.3) is 0 Å². The van der Waals surface area contributed by atoms with Gasteiger partial charge in [-0.15, -0.1) is 0 Å². The van der Waals surface area contributed by atoms with Crippen molar-refractivity contribution < 1.29 is 31.3 Å². The number of hydrogen-bond acceptors (Lipinski definition) is 4. The average molecular weight is 507 g/mol. The highest BCUT2D eigenvalue weighted by Crippen LogP contribution is 2.22. The van der Waals surface area contributed by atoms with Crippen molar-refractivity contribution in [2.45, 2.75) is 108 Å². The third-order valence-electron chi connectivity index (χ3n) is 4.82. The standard InChI is InChI=1S/C20H37BrF2O5S/c21-17-15-13-11-9-7-5-3-1-2-4-6-8-10-12-14-16-18-28-19(24)20(22,23)29(25,26)27/h1-18H2,(H,25,26,27). The van der Waals surface area contributed by atoms with Gasteiger partial charge in [0.05, 0.1) is 6.61 Å². The van der Waals surface area contributed by atoms with Crippen LogP contribution in [0.15, 0.2) is 0 Å². The highest BCUT2D eigenvalue weighted by atomic mass is 79.9. The van der Waals surface area contributed by atoms with E-state index in [2.05, 4.69) is 20.7 Å². The number of unbranched alkanes of at least 4 members (excludes halogenated alkanes) is 15. The van der Waals surface area contributed by atoms with E-state index >= 15 is 0 Å². The minimum Gasteiger partial charge on any atom is -0.460 e. The number of halogens is 3. The summed E-state index contributed by atoms with van der Waals surface area (Å²) < 4.78 is 59.2. The van der Waals surface area contributed by atoms with Gasteiger partial charge < -0.3 is 4.74 Å². The van der Waals surface area contributed by atoms with Gasteiger partial charge in [0, 0.05) is 5.33 Å². The molecule has 0 spiro atoms. The first kappa shape index (κ1) is 28.7. The number of carbonyl (C=O) groups is 1. The van der Waals surface area contributed by atoms with E-state index in [4.69, 9.17) is 4.55 Å². The van der Waals surface area contributed by atoms with Gasteiger partial charge in [-0.25, -0.2) is 4.79 Å². The normalized spacial score (nSPS) is 12.3. The van der Waals surface area contributed by atoms with E-state index in [9.17, 15) is 22.0 Å². The van der Waals surface area contributed by atoms with Gasteiger partial charge in [-0.1, -0.05) is 106 Å². The van der Waals surface area contributed by atoms with Crippen LogP contribution in [0.5, 0.6) is 0 Å². The summed E-state index contributed by atoms with van der Waals surface area (Å²) in [5, 5.41) is -3.79. The van der Waals surface area contributed by atoms with Crippen molar-refractivity contribution in [2.24, 2.45) is 0 Å². The molecule has 0 saturated heterocycles. The maximum atomic E-state index is 12.9. The number of carbonyl (C=O) groups excluding carboxylic acids is 1. The largest absolute Gasteiger partial charge is 0.465 e. The van der Waals surface area contributed by atoms with E-state index in [1.807, 2.05) is 0 Å². The molecular weight excluding hydrogens is 470 g/mol. The van der Waals surface area contributed by atoms with Crippen LogP contribution in [0.25, 0.3) is 0 Å². The van der Waals surface area contributed by atoms with E-state index in [0.29, 0.717) is 6.42 Å². The summed E-state index contributed by atoms with van der Waals surface area (Å²) in [6.45, 7) is -0.277. The second-order valence-electron chi connectivity index (χ2n) is 7.47. The molecule has 0 aliphatic heterocycles. The van der Waals surface area contributed by atoms with Gasteiger partial charge in [-0.2, -0.15) is 17.2 Å². The van der Waals surface area contributed by atoms with Crippen molar-refractivity contribution >= 4 is 32.0 Å². The molecule has 0 aromatic carbocycles. The Morgan fingerprint density at radius 2 is 1.03 bits per heavy atom. The molecule has 0 radical (unpaired) electrons. The number of alkyl halides is 3. The zero-order chi connectivity index (χ0) is 22.0. The Morgan fingerprint density at radius 1 is 0.724 bits per heavy atom. The lowest BCUT2D eigenvalue weighted by molar-refractivity contribution is -0.161. The Hall–Kier alpha value is -0.280. The lowest BCUT2D eigenvalue weighted by Gasteiger charge is -2.11. The molecule has 0 amide bonds. The Bertz CT molecular complexity index is 515. The summed E-state index contributed by atoms with van der Waals surface area (Å²) in [6.07, 6.45) is 18.6. The molecule has 0 aliphatic rings. The van der Waals surface area contributed by atoms with E-state index in [0.717, 1.165) is 31.0 Å². The number of ether oxygens (including phenoxy) is 1. The van der Waals surface area contributed by atoms with Crippen LogP contribution in [-0.4, -0.2) is 36.1 Å². The molecule has 0 atom stereocenters. The summed E-state index contributed by atoms with van der Waals surface area (Å²) in [5.74, 6) is -2.23. The predicted octanol–water partition coefficient (Wildman–Crippen LogP) is 6.65. The summed E-state index contributed by atoms with van der Waals surface area (Å²) in [6, 6.07) is 0. The second kappa shape index (κ2) is 17.4. The van der Waals surface area contributed by atoms with Gasteiger partial charge in [0.15, 0.2) is 0 Å². The average Bonchev–Trinajstić information content (AvgIpc) is 2.65. The number of esters is 1. The number of hydrogen-bond donors (Lipinski definition) is 1. The first-order chi connectivity index (χ1) is 13.7. The fourth-order valence-electron chi connectivity index (χ4n) is 3.03. The molecule has 29 heavy (non-hydrogen) atoms. The van der Waals surface area contributed by atoms with Gasteiger partial charge in [0.2, 0.25) is 0 Å². The van der Waals surface area contributed by atoms with Gasteiger partial charge in [-0.3, -0.25) is 4.55 Å². The summed E-state index contributed by atoms with van der Waals surface area (Å²) in [7, 11) is -5.78. The summed E-state index contributed by atoms with van der Waals surface area (Å²) in [5.41, 5.74) is 0. The topological polar surface area (TPSA) is 80.7 Å². The van der Waals surface area contributed by atoms with E-state index in [1.54, 1.807) is 0 Å². The van der Waals surface area contributed by atoms with E-state index in [1.165, 1.54) is 70.6 Å². The van der Waals surface area contributed by atoms with Crippen LogP contribution in [0.3, 0.4) is 0 Å². The fraction of sp³-hybridized carbons (Fsp3) is 0.950. The van der Waals surface area contributed by atoms with Crippen LogP contribution in [0, 0.1) is 0 Å². The Morgan fingerprint density at radius 3 is 1.34 bits per heavy atom. The van der Waals surface area contributed by atoms with Crippen LogP contribution in [0.4, 0.5) is 8.78 Å². The monoisotopic (exact) mass is 506 g/mol. The van der Waals surface area contributed by atoms with Crippen molar-refractivity contribution in [3.63, 3.8) is 0 Å². The molecular formula is C20H37BrF2O5S. The maximum absolute atomic E-state index is 12.9. The summed E-state index contributed by atoms with van der Waals surface area (Å²) in [4.78, 5) is 11.0. The van der Waals surface area contributed by atoms with E-state index in [-0.39, 0.29) is 6.61 Å². The fourth-order valence-corrected chi connectivity index (χ4v) is 3.69. The zero-order valence-corrected chi connectivity index (χ0v) is 19.8. The predicted molar refractivity (Wildman–Crippen MR) is 115 cm³/mol. The molecule has 9 heteroatoms. The van der Waals surface area contributed by atoms with Gasteiger partial charge in [-0.05, 0) is 12.8 Å². The Balaban J connectivity index is 3.33. The third-order valence-corrected chi connectivity index (χ3v) is 6.20. The molecule has 0 unspecified atom stereocenters. The maximum Gasteiger partial charge on any atom is 0.465 e. The lowest BCUT2D eigenvalue weighted by atomic mass is 10.0. The van der Waals surface area contributed by atoms with E-state index < -0.39 is 21.3 Å². The van der Waals surface area contributed by atoms with Gasteiger partial charge >= 0.3 is 21.3 Å². The van der Waals surface area contributed by atoms with Crippen molar-refractivity contribution in [2.75, 3.05) is 11.9 Å². The molecule has 5 nitrogen and oxygen atoms in total. The summed E-state index contributed by atoms with van der Waals surface area (Å²) >= 11 is 3.45. The first-order valence-electron chi connectivity index (χ1n) is 10.8. The Labute approximate surface area is 183 Å². The minimum absolute atomic E-state index is 0.277.